The van der Waals surface area contributed by atoms with Crippen LogP contribution in [0.4, 0.5) is 0 Å². The molecule has 0 saturated carbocycles. The van der Waals surface area contributed by atoms with Crippen molar-refractivity contribution < 1.29 is 0 Å². The molecule has 1 aliphatic rings. The summed E-state index contributed by atoms with van der Waals surface area (Å²) in [6.07, 6.45) is 3.14. The normalized spacial score (nSPS) is 25.6. The van der Waals surface area contributed by atoms with Gasteiger partial charge in [0.25, 0.3) is 0 Å². The first kappa shape index (κ1) is 6.59. The van der Waals surface area contributed by atoms with Gasteiger partial charge in [-0.3, -0.25) is 4.99 Å². The van der Waals surface area contributed by atoms with Crippen molar-refractivity contribution in [3.63, 3.8) is 0 Å². The number of hydrogen-bond acceptors (Lipinski definition) is 2. The molecule has 0 aromatic carbocycles. The maximum atomic E-state index is 4.31. The maximum absolute atomic E-state index is 4.31. The molecule has 0 saturated heterocycles. The molecule has 0 radical (unpaired) electrons. The highest BCUT2D eigenvalue weighted by molar-refractivity contribution is 5.57. The van der Waals surface area contributed by atoms with E-state index in [4.69, 9.17) is 0 Å². The quantitative estimate of drug-likeness (QED) is 0.541. The van der Waals surface area contributed by atoms with Crippen molar-refractivity contribution >= 4 is 6.34 Å². The number of nitrogens with zero attached hydrogens (tertiary/aromatic N) is 2. The molecular formula is C7H14N2. The summed E-state index contributed by atoms with van der Waals surface area (Å²) in [5.41, 5.74) is 0. The molecule has 1 aliphatic heterocycles. The molecule has 2 nitrogen and oxygen atoms in total. The molecule has 0 aliphatic carbocycles. The highest BCUT2D eigenvalue weighted by Gasteiger charge is 2.12. The number of aliphatic imine (C=N–C) groups is 1. The van der Waals surface area contributed by atoms with Gasteiger partial charge < -0.3 is 4.90 Å². The average molecular weight is 126 g/mol. The molecule has 0 aromatic heterocycles. The molecule has 0 N–H and O–H groups in total. The van der Waals surface area contributed by atoms with Gasteiger partial charge in [0, 0.05) is 13.1 Å². The fraction of sp³-hybridized carbons (Fsp3) is 0.857. The molecule has 0 amide bonds. The summed E-state index contributed by atoms with van der Waals surface area (Å²) in [6, 6.07) is 0.574. The lowest BCUT2D eigenvalue weighted by molar-refractivity contribution is 0.446. The fourth-order valence-corrected chi connectivity index (χ4v) is 0.999. The Kier molecular flexibility index (Phi) is 2.09. The summed E-state index contributed by atoms with van der Waals surface area (Å²) < 4.78 is 0. The summed E-state index contributed by atoms with van der Waals surface area (Å²) in [5.74, 6) is 0. The minimum atomic E-state index is 0.574. The summed E-state index contributed by atoms with van der Waals surface area (Å²) in [6.45, 7) is 6.57. The minimum Gasteiger partial charge on any atom is -0.361 e. The summed E-state index contributed by atoms with van der Waals surface area (Å²) in [4.78, 5) is 6.55. The number of rotatable bonds is 2. The number of likely N-dealkylation sites (N-methyl/N-ethyl adjacent to an activating group) is 1. The molecule has 0 bridgehead atoms. The summed E-state index contributed by atoms with van der Waals surface area (Å²) in [5, 5.41) is 0. The van der Waals surface area contributed by atoms with Crippen LogP contribution in [0.3, 0.4) is 0 Å². The van der Waals surface area contributed by atoms with Crippen LogP contribution in [0.15, 0.2) is 4.99 Å². The Morgan fingerprint density at radius 2 is 2.44 bits per heavy atom. The maximum Gasteiger partial charge on any atom is 0.0854 e. The zero-order chi connectivity index (χ0) is 6.69. The van der Waals surface area contributed by atoms with Gasteiger partial charge in [0.15, 0.2) is 0 Å². The van der Waals surface area contributed by atoms with E-state index in [1.807, 2.05) is 6.34 Å². The van der Waals surface area contributed by atoms with Crippen LogP contribution in [0, 0.1) is 0 Å². The predicted octanol–water partition coefficient (Wildman–Crippen LogP) is 1.13. The van der Waals surface area contributed by atoms with Gasteiger partial charge in [-0.05, 0) is 13.3 Å². The van der Waals surface area contributed by atoms with Crippen LogP contribution in [0.5, 0.6) is 0 Å². The van der Waals surface area contributed by atoms with Crippen molar-refractivity contribution in [1.82, 2.24) is 4.90 Å². The van der Waals surface area contributed by atoms with E-state index in [1.54, 1.807) is 0 Å². The molecule has 0 fully saturated rings. The van der Waals surface area contributed by atoms with Gasteiger partial charge >= 0.3 is 0 Å². The summed E-state index contributed by atoms with van der Waals surface area (Å²) >= 11 is 0. The second-order valence-electron chi connectivity index (χ2n) is 2.41. The minimum absolute atomic E-state index is 0.574. The third-order valence-corrected chi connectivity index (χ3v) is 1.76. The lowest BCUT2D eigenvalue weighted by atomic mass is 10.2. The molecule has 52 valence electrons. The third kappa shape index (κ3) is 1.44. The van der Waals surface area contributed by atoms with Gasteiger partial charge in [-0.2, -0.15) is 0 Å². The van der Waals surface area contributed by atoms with Crippen LogP contribution in [-0.4, -0.2) is 30.4 Å². The first-order valence-corrected chi connectivity index (χ1v) is 3.64. The monoisotopic (exact) mass is 126 g/mol. The van der Waals surface area contributed by atoms with Crippen molar-refractivity contribution in [3.05, 3.63) is 0 Å². The van der Waals surface area contributed by atoms with Crippen LogP contribution in [-0.2, 0) is 0 Å². The van der Waals surface area contributed by atoms with Crippen LogP contribution < -0.4 is 0 Å². The smallest absolute Gasteiger partial charge is 0.0854 e. The molecule has 0 aromatic rings. The Hall–Kier alpha value is -0.530. The van der Waals surface area contributed by atoms with E-state index in [0.717, 1.165) is 13.1 Å². The molecule has 9 heavy (non-hydrogen) atoms. The second-order valence-corrected chi connectivity index (χ2v) is 2.41. The topological polar surface area (TPSA) is 15.6 Å². The van der Waals surface area contributed by atoms with Crippen LogP contribution in [0.2, 0.25) is 0 Å². The van der Waals surface area contributed by atoms with E-state index in [0.29, 0.717) is 6.04 Å². The van der Waals surface area contributed by atoms with Gasteiger partial charge in [0.05, 0.1) is 12.4 Å². The van der Waals surface area contributed by atoms with Gasteiger partial charge in [-0.25, -0.2) is 0 Å². The molecule has 1 unspecified atom stereocenters. The van der Waals surface area contributed by atoms with Crippen molar-refractivity contribution in [1.29, 1.82) is 0 Å². The first-order chi connectivity index (χ1) is 4.36. The average Bonchev–Trinajstić information content (AvgIpc) is 2.34. The molecule has 1 rings (SSSR count). The SMILES string of the molecule is CCC1CN(CC)C=N1. The molecule has 2 heteroatoms. The molecule has 1 atom stereocenters. The second kappa shape index (κ2) is 2.85. The highest BCUT2D eigenvalue weighted by atomic mass is 15.2. The zero-order valence-corrected chi connectivity index (χ0v) is 6.17. The zero-order valence-electron chi connectivity index (χ0n) is 6.17. The van der Waals surface area contributed by atoms with Crippen LogP contribution in [0.25, 0.3) is 0 Å². The van der Waals surface area contributed by atoms with E-state index < -0.39 is 0 Å². The van der Waals surface area contributed by atoms with Crippen molar-refractivity contribution in [2.75, 3.05) is 13.1 Å². The van der Waals surface area contributed by atoms with Crippen molar-refractivity contribution in [2.24, 2.45) is 4.99 Å². The summed E-state index contributed by atoms with van der Waals surface area (Å²) in [7, 11) is 0. The van der Waals surface area contributed by atoms with E-state index in [1.165, 1.54) is 6.42 Å². The van der Waals surface area contributed by atoms with Gasteiger partial charge in [-0.15, -0.1) is 0 Å². The predicted molar refractivity (Wildman–Crippen MR) is 39.8 cm³/mol. The lowest BCUT2D eigenvalue weighted by Gasteiger charge is -2.11. The van der Waals surface area contributed by atoms with E-state index in [-0.39, 0.29) is 0 Å². The Morgan fingerprint density at radius 3 is 2.78 bits per heavy atom. The largest absolute Gasteiger partial charge is 0.361 e. The van der Waals surface area contributed by atoms with Crippen molar-refractivity contribution in [3.8, 4) is 0 Å². The van der Waals surface area contributed by atoms with Gasteiger partial charge in [0.1, 0.15) is 0 Å². The molecule has 0 spiro atoms. The Balaban J connectivity index is 2.31. The molecular weight excluding hydrogens is 112 g/mol. The van der Waals surface area contributed by atoms with Crippen LogP contribution >= 0.6 is 0 Å². The van der Waals surface area contributed by atoms with Gasteiger partial charge in [-0.1, -0.05) is 6.92 Å². The van der Waals surface area contributed by atoms with E-state index >= 15 is 0 Å². The van der Waals surface area contributed by atoms with Gasteiger partial charge in [0.2, 0.25) is 0 Å². The molecule has 1 heterocycles. The third-order valence-electron chi connectivity index (χ3n) is 1.76. The highest BCUT2D eigenvalue weighted by Crippen LogP contribution is 2.05. The Morgan fingerprint density at radius 1 is 1.67 bits per heavy atom. The standard InChI is InChI=1S/C7H14N2/c1-3-7-5-9(4-2)6-8-7/h6-7H,3-5H2,1-2H3. The Labute approximate surface area is 56.6 Å². The van der Waals surface area contributed by atoms with E-state index in [9.17, 15) is 0 Å². The van der Waals surface area contributed by atoms with E-state index in [2.05, 4.69) is 23.7 Å². The van der Waals surface area contributed by atoms with Crippen LogP contribution in [0.1, 0.15) is 20.3 Å². The number of hydrogen-bond donors (Lipinski definition) is 0. The lowest BCUT2D eigenvalue weighted by Crippen LogP contribution is -2.22. The Bertz CT molecular complexity index is 97.5. The van der Waals surface area contributed by atoms with Crippen molar-refractivity contribution in [2.45, 2.75) is 26.3 Å². The first-order valence-electron chi connectivity index (χ1n) is 3.64. The fourth-order valence-electron chi connectivity index (χ4n) is 0.999.